The van der Waals surface area contributed by atoms with E-state index in [2.05, 4.69) is 54.5 Å². The molecule has 4 saturated carbocycles. The molecule has 0 radical (unpaired) electrons. The zero-order chi connectivity index (χ0) is 28.9. The standard InChI is InChI=1S/C36H58N2O2/c1-23(2)9-8-10-24(3)29-12-13-30-28-11-14-32-34(4,5)33(40-22-39-27-20-25(37)19-26(38)21-27)16-18-36(32,7)31(28)15-17-35(29,30)6/h9,19-21,24,28-33H,8,10-18,22,37-38H2,1-7H3. The molecule has 0 amide bonds. The number of benzene rings is 1. The average molecular weight is 551 g/mol. The van der Waals surface area contributed by atoms with Crippen molar-refractivity contribution in [2.45, 2.75) is 119 Å². The quantitative estimate of drug-likeness (QED) is 0.192. The van der Waals surface area contributed by atoms with E-state index in [-0.39, 0.29) is 18.3 Å². The Morgan fingerprint density at radius 2 is 1.57 bits per heavy atom. The topological polar surface area (TPSA) is 70.5 Å². The van der Waals surface area contributed by atoms with Crippen LogP contribution in [0.25, 0.3) is 0 Å². The van der Waals surface area contributed by atoms with Crippen LogP contribution in [-0.2, 0) is 4.74 Å². The number of allylic oxidation sites excluding steroid dienone is 2. The fourth-order valence-electron chi connectivity index (χ4n) is 11.1. The molecule has 9 unspecified atom stereocenters. The predicted octanol–water partition coefficient (Wildman–Crippen LogP) is 9.25. The minimum Gasteiger partial charge on any atom is -0.467 e. The summed E-state index contributed by atoms with van der Waals surface area (Å²) in [5.41, 5.74) is 15.7. The number of hydrogen-bond acceptors (Lipinski definition) is 4. The molecule has 0 saturated heterocycles. The maximum Gasteiger partial charge on any atom is 0.189 e. The second-order valence-corrected chi connectivity index (χ2v) is 15.7. The van der Waals surface area contributed by atoms with Crippen molar-refractivity contribution < 1.29 is 9.47 Å². The summed E-state index contributed by atoms with van der Waals surface area (Å²) < 4.78 is 12.4. The van der Waals surface area contributed by atoms with E-state index in [9.17, 15) is 0 Å². The third-order valence-electron chi connectivity index (χ3n) is 12.9. The van der Waals surface area contributed by atoms with Crippen molar-refractivity contribution >= 4 is 11.4 Å². The van der Waals surface area contributed by atoms with Crippen LogP contribution in [-0.4, -0.2) is 12.9 Å². The van der Waals surface area contributed by atoms with Crippen molar-refractivity contribution in [3.8, 4) is 5.75 Å². The average Bonchev–Trinajstić information content (AvgIpc) is 3.22. The van der Waals surface area contributed by atoms with Gasteiger partial charge in [-0.1, -0.05) is 46.3 Å². The van der Waals surface area contributed by atoms with E-state index in [1.807, 2.05) is 12.1 Å². The predicted molar refractivity (Wildman–Crippen MR) is 168 cm³/mol. The van der Waals surface area contributed by atoms with Gasteiger partial charge in [0.15, 0.2) is 6.79 Å². The highest BCUT2D eigenvalue weighted by atomic mass is 16.7. The Balaban J connectivity index is 1.24. The molecule has 4 aliphatic carbocycles. The van der Waals surface area contributed by atoms with Crippen molar-refractivity contribution in [2.75, 3.05) is 18.3 Å². The molecule has 4 nitrogen and oxygen atoms in total. The summed E-state index contributed by atoms with van der Waals surface area (Å²) in [6.07, 6.45) is 16.3. The van der Waals surface area contributed by atoms with Gasteiger partial charge in [-0.05, 0) is 136 Å². The molecule has 0 heterocycles. The highest BCUT2D eigenvalue weighted by molar-refractivity contribution is 5.56. The van der Waals surface area contributed by atoms with E-state index >= 15 is 0 Å². The number of hydrogen-bond donors (Lipinski definition) is 2. The molecule has 0 spiro atoms. The number of nitrogens with two attached hydrogens (primary N) is 2. The van der Waals surface area contributed by atoms with Gasteiger partial charge in [-0.25, -0.2) is 0 Å². The Labute approximate surface area is 245 Å². The minimum absolute atomic E-state index is 0.133. The molecule has 0 aromatic heterocycles. The lowest BCUT2D eigenvalue weighted by Crippen LogP contribution is -2.59. The SMILES string of the molecule is CC(C)=CCCC(C)C1CCC2C3CCC4C(C)(C)C(OCOc5cc(N)cc(N)c5)CCC4(C)C3CCC12C. The lowest BCUT2D eigenvalue weighted by Gasteiger charge is -2.65. The molecule has 1 aromatic carbocycles. The van der Waals surface area contributed by atoms with Gasteiger partial charge in [-0.2, -0.15) is 0 Å². The maximum absolute atomic E-state index is 6.48. The van der Waals surface area contributed by atoms with E-state index in [0.29, 0.717) is 33.9 Å². The van der Waals surface area contributed by atoms with Crippen molar-refractivity contribution in [1.29, 1.82) is 0 Å². The summed E-state index contributed by atoms with van der Waals surface area (Å²) in [7, 11) is 0. The van der Waals surface area contributed by atoms with Crippen LogP contribution in [0.5, 0.6) is 5.75 Å². The minimum atomic E-state index is 0.133. The first-order valence-electron chi connectivity index (χ1n) is 16.4. The van der Waals surface area contributed by atoms with Crippen molar-refractivity contribution in [1.82, 2.24) is 0 Å². The van der Waals surface area contributed by atoms with E-state index < -0.39 is 0 Å². The third kappa shape index (κ3) is 5.32. The maximum atomic E-state index is 6.48. The van der Waals surface area contributed by atoms with E-state index in [1.165, 1.54) is 63.4 Å². The first-order valence-corrected chi connectivity index (χ1v) is 16.4. The van der Waals surface area contributed by atoms with Gasteiger partial charge < -0.3 is 20.9 Å². The zero-order valence-electron chi connectivity index (χ0n) is 26.6. The van der Waals surface area contributed by atoms with Gasteiger partial charge in [-0.15, -0.1) is 0 Å². The highest BCUT2D eigenvalue weighted by Gasteiger charge is 2.63. The second kappa shape index (κ2) is 11.2. The number of nitrogen functional groups attached to an aromatic ring is 2. The lowest BCUT2D eigenvalue weighted by atomic mass is 9.41. The van der Waals surface area contributed by atoms with Crippen LogP contribution >= 0.6 is 0 Å². The van der Waals surface area contributed by atoms with E-state index in [0.717, 1.165) is 36.0 Å². The van der Waals surface area contributed by atoms with Crippen LogP contribution in [0.3, 0.4) is 0 Å². The molecular formula is C36H58N2O2. The summed E-state index contributed by atoms with van der Waals surface area (Å²) in [6.45, 7) is 17.6. The van der Waals surface area contributed by atoms with Gasteiger partial charge in [-0.3, -0.25) is 0 Å². The molecule has 9 atom stereocenters. The Bertz CT molecular complexity index is 1060. The summed E-state index contributed by atoms with van der Waals surface area (Å²) >= 11 is 0. The largest absolute Gasteiger partial charge is 0.467 e. The molecule has 4 heteroatoms. The van der Waals surface area contributed by atoms with Gasteiger partial charge in [0.25, 0.3) is 0 Å². The molecule has 40 heavy (non-hydrogen) atoms. The number of anilines is 2. The van der Waals surface area contributed by atoms with Gasteiger partial charge >= 0.3 is 0 Å². The van der Waals surface area contributed by atoms with Crippen LogP contribution in [0.1, 0.15) is 113 Å². The number of fused-ring (bicyclic) bond motifs is 5. The highest BCUT2D eigenvalue weighted by Crippen LogP contribution is 2.70. The Hall–Kier alpha value is -1.68. The molecule has 0 aliphatic heterocycles. The summed E-state index contributed by atoms with van der Waals surface area (Å²) in [4.78, 5) is 0. The molecular weight excluding hydrogens is 492 g/mol. The molecule has 1 aromatic rings. The first-order chi connectivity index (χ1) is 18.9. The van der Waals surface area contributed by atoms with Crippen LogP contribution in [0.15, 0.2) is 29.8 Å². The fourth-order valence-corrected chi connectivity index (χ4v) is 11.1. The molecule has 0 bridgehead atoms. The second-order valence-electron chi connectivity index (χ2n) is 15.7. The Morgan fingerprint density at radius 3 is 2.27 bits per heavy atom. The third-order valence-corrected chi connectivity index (χ3v) is 12.9. The molecule has 4 aliphatic rings. The zero-order valence-corrected chi connectivity index (χ0v) is 26.6. The molecule has 224 valence electrons. The van der Waals surface area contributed by atoms with Crippen molar-refractivity contribution in [2.24, 2.45) is 51.8 Å². The normalized spacial score (nSPS) is 39.0. The fraction of sp³-hybridized carbons (Fsp3) is 0.778. The van der Waals surface area contributed by atoms with Gasteiger partial charge in [0, 0.05) is 23.5 Å². The van der Waals surface area contributed by atoms with Gasteiger partial charge in [0.1, 0.15) is 5.75 Å². The molecule has 4 N–H and O–H groups in total. The Kier molecular flexibility index (Phi) is 8.34. The summed E-state index contributed by atoms with van der Waals surface area (Å²) in [5, 5.41) is 0. The van der Waals surface area contributed by atoms with E-state index in [4.69, 9.17) is 20.9 Å². The number of ether oxygens (including phenoxy) is 2. The lowest BCUT2D eigenvalue weighted by molar-refractivity contribution is -0.202. The Morgan fingerprint density at radius 1 is 0.900 bits per heavy atom. The molecule has 4 fully saturated rings. The van der Waals surface area contributed by atoms with E-state index in [1.54, 1.807) is 6.07 Å². The molecule has 5 rings (SSSR count). The van der Waals surface area contributed by atoms with Crippen molar-refractivity contribution in [3.05, 3.63) is 29.8 Å². The van der Waals surface area contributed by atoms with Crippen LogP contribution in [0, 0.1) is 51.8 Å². The summed E-state index contributed by atoms with van der Waals surface area (Å²) in [6, 6.07) is 5.39. The van der Waals surface area contributed by atoms with Crippen LogP contribution in [0.2, 0.25) is 0 Å². The number of rotatable bonds is 8. The smallest absolute Gasteiger partial charge is 0.189 e. The van der Waals surface area contributed by atoms with Gasteiger partial charge in [0.05, 0.1) is 6.10 Å². The summed E-state index contributed by atoms with van der Waals surface area (Å²) in [5.74, 6) is 5.85. The van der Waals surface area contributed by atoms with Crippen LogP contribution in [0.4, 0.5) is 11.4 Å². The van der Waals surface area contributed by atoms with Gasteiger partial charge in [0.2, 0.25) is 0 Å². The van der Waals surface area contributed by atoms with Crippen molar-refractivity contribution in [3.63, 3.8) is 0 Å². The first kappa shape index (κ1) is 29.8. The monoisotopic (exact) mass is 550 g/mol. The van der Waals surface area contributed by atoms with Crippen LogP contribution < -0.4 is 16.2 Å².